The Morgan fingerprint density at radius 2 is 1.97 bits per heavy atom. The molecule has 1 aliphatic rings. The molecule has 34 heavy (non-hydrogen) atoms. The lowest BCUT2D eigenvalue weighted by Crippen LogP contribution is -2.49. The third-order valence-electron chi connectivity index (χ3n) is 5.49. The van der Waals surface area contributed by atoms with Gasteiger partial charge in [-0.1, -0.05) is 35.9 Å². The largest absolute Gasteiger partial charge is 0.368 e. The van der Waals surface area contributed by atoms with Crippen LogP contribution in [0.3, 0.4) is 0 Å². The number of hydrogen-bond donors (Lipinski definition) is 2. The zero-order valence-electron chi connectivity index (χ0n) is 18.6. The Balaban J connectivity index is 1.64. The maximum Gasteiger partial charge on any atom is 0.318 e. The number of urea groups is 1. The topological polar surface area (TPSA) is 139 Å². The van der Waals surface area contributed by atoms with E-state index in [1.165, 1.54) is 4.80 Å². The Kier molecular flexibility index (Phi) is 6.46. The van der Waals surface area contributed by atoms with Crippen LogP contribution in [0.15, 0.2) is 42.5 Å². The Hall–Kier alpha value is -3.99. The number of rotatable bonds is 4. The molecule has 0 aliphatic carbocycles. The molecular formula is C22H23ClN8O3. The minimum atomic E-state index is -0.636. The molecule has 4 rings (SSSR count). The van der Waals surface area contributed by atoms with E-state index in [0.29, 0.717) is 22.6 Å². The predicted molar refractivity (Wildman–Crippen MR) is 125 cm³/mol. The van der Waals surface area contributed by atoms with Crippen LogP contribution in [-0.2, 0) is 18.4 Å². The van der Waals surface area contributed by atoms with E-state index in [0.717, 1.165) is 5.56 Å². The molecule has 1 atom stereocenters. The summed E-state index contributed by atoms with van der Waals surface area (Å²) in [5.74, 6) is -0.542. The van der Waals surface area contributed by atoms with Crippen molar-refractivity contribution in [2.24, 2.45) is 12.8 Å². The monoisotopic (exact) mass is 482 g/mol. The van der Waals surface area contributed by atoms with Crippen molar-refractivity contribution in [1.29, 1.82) is 0 Å². The minimum absolute atomic E-state index is 0.226. The fraction of sp³-hybridized carbons (Fsp3) is 0.273. The quantitative estimate of drug-likeness (QED) is 0.578. The standard InChI is InChI=1S/C22H23ClN8O3/c1-13-11-31(18-6-4-3-5-15(18)12-30(13)22(34)25-10-19(24)32)21(33)16-8-7-14(9-17(16)23)20-26-28-29(2)27-20/h3-9,13H,10-12H2,1-2H3,(H2,24,32)(H,25,34)/t13-/m1/s1. The van der Waals surface area contributed by atoms with Crippen LogP contribution < -0.4 is 16.0 Å². The number of carbonyl (C=O) groups is 3. The zero-order chi connectivity index (χ0) is 24.4. The van der Waals surface area contributed by atoms with E-state index < -0.39 is 11.9 Å². The molecule has 11 nitrogen and oxygen atoms in total. The first-order valence-corrected chi connectivity index (χ1v) is 10.9. The number of amides is 4. The van der Waals surface area contributed by atoms with Gasteiger partial charge in [0.1, 0.15) is 0 Å². The second-order valence-corrected chi connectivity index (χ2v) is 8.35. The van der Waals surface area contributed by atoms with E-state index in [-0.39, 0.29) is 36.6 Å². The van der Waals surface area contributed by atoms with Crippen molar-refractivity contribution in [2.75, 3.05) is 18.0 Å². The second kappa shape index (κ2) is 9.48. The van der Waals surface area contributed by atoms with Crippen molar-refractivity contribution in [1.82, 2.24) is 30.4 Å². The van der Waals surface area contributed by atoms with Crippen LogP contribution in [0.1, 0.15) is 22.8 Å². The van der Waals surface area contributed by atoms with Gasteiger partial charge >= 0.3 is 6.03 Å². The number of carbonyl (C=O) groups excluding carboxylic acids is 3. The van der Waals surface area contributed by atoms with E-state index in [1.807, 2.05) is 31.2 Å². The average molecular weight is 483 g/mol. The van der Waals surface area contributed by atoms with E-state index in [1.54, 1.807) is 35.0 Å². The lowest BCUT2D eigenvalue weighted by Gasteiger charge is -2.29. The fourth-order valence-corrected chi connectivity index (χ4v) is 4.07. The molecule has 0 spiro atoms. The van der Waals surface area contributed by atoms with Gasteiger partial charge in [0.25, 0.3) is 5.91 Å². The SMILES string of the molecule is C[C@@H]1CN(C(=O)c2ccc(-c3nnn(C)n3)cc2Cl)c2ccccc2CN1C(=O)NCC(N)=O. The molecule has 4 amide bonds. The summed E-state index contributed by atoms with van der Waals surface area (Å²) in [6.07, 6.45) is 0. The maximum atomic E-state index is 13.6. The normalized spacial score (nSPS) is 15.4. The molecule has 3 aromatic rings. The van der Waals surface area contributed by atoms with Crippen molar-refractivity contribution in [2.45, 2.75) is 19.5 Å². The number of nitrogens with one attached hydrogen (secondary N) is 1. The summed E-state index contributed by atoms with van der Waals surface area (Å²) in [7, 11) is 1.66. The number of para-hydroxylation sites is 1. The number of aromatic nitrogens is 4. The van der Waals surface area contributed by atoms with E-state index >= 15 is 0 Å². The number of tetrazole rings is 1. The van der Waals surface area contributed by atoms with E-state index in [4.69, 9.17) is 17.3 Å². The Bertz CT molecular complexity index is 1260. The lowest BCUT2D eigenvalue weighted by molar-refractivity contribution is -0.117. The van der Waals surface area contributed by atoms with Crippen LogP contribution in [0.2, 0.25) is 5.02 Å². The number of aryl methyl sites for hydroxylation is 1. The first kappa shape index (κ1) is 23.2. The first-order valence-electron chi connectivity index (χ1n) is 10.5. The molecule has 2 aromatic carbocycles. The molecule has 0 unspecified atom stereocenters. The summed E-state index contributed by atoms with van der Waals surface area (Å²) < 4.78 is 0. The Labute approximate surface area is 200 Å². The molecule has 176 valence electrons. The summed E-state index contributed by atoms with van der Waals surface area (Å²) in [5.41, 5.74) is 7.56. The number of benzene rings is 2. The Morgan fingerprint density at radius 1 is 1.21 bits per heavy atom. The molecule has 1 aromatic heterocycles. The predicted octanol–water partition coefficient (Wildman–Crippen LogP) is 1.58. The number of halogens is 1. The molecule has 0 fully saturated rings. The number of nitrogens with zero attached hydrogens (tertiary/aromatic N) is 6. The third-order valence-corrected chi connectivity index (χ3v) is 5.80. The number of anilines is 1. The van der Waals surface area contributed by atoms with E-state index in [9.17, 15) is 14.4 Å². The molecule has 0 radical (unpaired) electrons. The van der Waals surface area contributed by atoms with Crippen molar-refractivity contribution in [3.05, 3.63) is 58.6 Å². The van der Waals surface area contributed by atoms with Crippen LogP contribution in [0, 0.1) is 0 Å². The van der Waals surface area contributed by atoms with Crippen LogP contribution in [0.4, 0.5) is 10.5 Å². The van der Waals surface area contributed by atoms with Crippen molar-refractivity contribution in [3.8, 4) is 11.4 Å². The molecular weight excluding hydrogens is 460 g/mol. The van der Waals surface area contributed by atoms with Gasteiger partial charge in [0.2, 0.25) is 11.7 Å². The minimum Gasteiger partial charge on any atom is -0.368 e. The second-order valence-electron chi connectivity index (χ2n) is 7.94. The van der Waals surface area contributed by atoms with Crippen molar-refractivity contribution < 1.29 is 14.4 Å². The van der Waals surface area contributed by atoms with Gasteiger partial charge in [-0.05, 0) is 35.9 Å². The molecule has 1 aliphatic heterocycles. The molecule has 12 heteroatoms. The summed E-state index contributed by atoms with van der Waals surface area (Å²) >= 11 is 6.51. The number of nitrogens with two attached hydrogens (primary N) is 1. The van der Waals surface area contributed by atoms with Crippen LogP contribution in [0.25, 0.3) is 11.4 Å². The summed E-state index contributed by atoms with van der Waals surface area (Å²) in [6, 6.07) is 11.5. The van der Waals surface area contributed by atoms with Gasteiger partial charge in [-0.25, -0.2) is 4.79 Å². The number of fused-ring (bicyclic) bond motifs is 1. The summed E-state index contributed by atoms with van der Waals surface area (Å²) in [6.45, 7) is 2.05. The van der Waals surface area contributed by atoms with Crippen molar-refractivity contribution >= 4 is 35.1 Å². The van der Waals surface area contributed by atoms with Gasteiger partial charge in [-0.3, -0.25) is 9.59 Å². The smallest absolute Gasteiger partial charge is 0.318 e. The fourth-order valence-electron chi connectivity index (χ4n) is 3.81. The number of primary amides is 1. The van der Waals surface area contributed by atoms with Crippen LogP contribution in [0.5, 0.6) is 0 Å². The third kappa shape index (κ3) is 4.69. The van der Waals surface area contributed by atoms with Gasteiger partial charge in [-0.15, -0.1) is 10.2 Å². The van der Waals surface area contributed by atoms with Crippen molar-refractivity contribution in [3.63, 3.8) is 0 Å². The summed E-state index contributed by atoms with van der Waals surface area (Å²) in [4.78, 5) is 42.0. The highest BCUT2D eigenvalue weighted by Gasteiger charge is 2.32. The average Bonchev–Trinajstić information content (AvgIpc) is 3.18. The van der Waals surface area contributed by atoms with Gasteiger partial charge in [-0.2, -0.15) is 4.80 Å². The van der Waals surface area contributed by atoms with Gasteiger partial charge in [0.05, 0.1) is 24.2 Å². The maximum absolute atomic E-state index is 13.6. The van der Waals surface area contributed by atoms with Crippen LogP contribution in [-0.4, -0.2) is 62.1 Å². The molecule has 2 heterocycles. The summed E-state index contributed by atoms with van der Waals surface area (Å²) in [5, 5.41) is 14.7. The molecule has 0 bridgehead atoms. The van der Waals surface area contributed by atoms with Gasteiger partial charge in [0, 0.05) is 30.4 Å². The lowest BCUT2D eigenvalue weighted by atomic mass is 10.1. The Morgan fingerprint density at radius 3 is 2.65 bits per heavy atom. The molecule has 3 N–H and O–H groups in total. The van der Waals surface area contributed by atoms with Gasteiger partial charge in [0.15, 0.2) is 0 Å². The molecule has 0 saturated carbocycles. The highest BCUT2D eigenvalue weighted by atomic mass is 35.5. The highest BCUT2D eigenvalue weighted by molar-refractivity contribution is 6.34. The highest BCUT2D eigenvalue weighted by Crippen LogP contribution is 2.31. The van der Waals surface area contributed by atoms with Gasteiger partial charge < -0.3 is 20.9 Å². The van der Waals surface area contributed by atoms with Crippen LogP contribution >= 0.6 is 11.6 Å². The van der Waals surface area contributed by atoms with E-state index in [2.05, 4.69) is 20.7 Å². The first-order chi connectivity index (χ1) is 16.2. The molecule has 0 saturated heterocycles. The number of hydrogen-bond acceptors (Lipinski definition) is 6. The zero-order valence-corrected chi connectivity index (χ0v) is 19.4.